The molecule has 25 heavy (non-hydrogen) atoms. The van der Waals surface area contributed by atoms with Crippen molar-refractivity contribution in [3.05, 3.63) is 34.9 Å². The molecule has 5 nitrogen and oxygen atoms in total. The Morgan fingerprint density at radius 1 is 1.04 bits per heavy atom. The van der Waals surface area contributed by atoms with E-state index >= 15 is 0 Å². The maximum atomic E-state index is 12.1. The van der Waals surface area contributed by atoms with E-state index in [1.54, 1.807) is 20.8 Å². The molecule has 2 amide bonds. The molecule has 1 aromatic rings. The van der Waals surface area contributed by atoms with E-state index in [-0.39, 0.29) is 17.9 Å². The minimum atomic E-state index is -0.599. The van der Waals surface area contributed by atoms with Crippen molar-refractivity contribution in [1.29, 1.82) is 0 Å². The fraction of sp³-hybridized carbons (Fsp3) is 0.579. The highest BCUT2D eigenvalue weighted by molar-refractivity contribution is 6.30. The van der Waals surface area contributed by atoms with E-state index in [0.29, 0.717) is 11.6 Å². The first kappa shape index (κ1) is 21.3. The Balaban J connectivity index is 2.61. The summed E-state index contributed by atoms with van der Waals surface area (Å²) >= 11 is 5.97. The van der Waals surface area contributed by atoms with Crippen molar-refractivity contribution in [2.75, 3.05) is 13.1 Å². The standard InChI is InChI=1S/C19H29ClN2O3/c1-6-19(7-2,14-8-10-15(20)11-9-14)13-22-16(23)12-21-17(24)25-18(3,4)5/h8-11H,6-7,12-13H2,1-5H3,(H,21,24)(H,22,23). The first-order chi connectivity index (χ1) is 11.6. The maximum Gasteiger partial charge on any atom is 0.408 e. The summed E-state index contributed by atoms with van der Waals surface area (Å²) in [6.45, 7) is 9.91. The number of benzene rings is 1. The van der Waals surface area contributed by atoms with Crippen LogP contribution in [0.5, 0.6) is 0 Å². The van der Waals surface area contributed by atoms with Crippen LogP contribution in [0.15, 0.2) is 24.3 Å². The summed E-state index contributed by atoms with van der Waals surface area (Å²) in [5, 5.41) is 6.07. The number of rotatable bonds is 7. The molecule has 0 unspecified atom stereocenters. The molecule has 6 heteroatoms. The zero-order valence-corrected chi connectivity index (χ0v) is 16.5. The summed E-state index contributed by atoms with van der Waals surface area (Å²) in [4.78, 5) is 23.7. The Hall–Kier alpha value is -1.75. The van der Waals surface area contributed by atoms with Crippen molar-refractivity contribution < 1.29 is 14.3 Å². The topological polar surface area (TPSA) is 67.4 Å². The first-order valence-corrected chi connectivity index (χ1v) is 8.99. The van der Waals surface area contributed by atoms with Crippen molar-refractivity contribution in [1.82, 2.24) is 10.6 Å². The molecule has 0 saturated carbocycles. The van der Waals surface area contributed by atoms with Crippen molar-refractivity contribution in [3.63, 3.8) is 0 Å². The van der Waals surface area contributed by atoms with Crippen LogP contribution in [-0.2, 0) is 14.9 Å². The number of carbonyl (C=O) groups excluding carboxylic acids is 2. The Kier molecular flexibility index (Phi) is 7.74. The second-order valence-corrected chi connectivity index (χ2v) is 7.56. The van der Waals surface area contributed by atoms with Gasteiger partial charge in [0.2, 0.25) is 5.91 Å². The van der Waals surface area contributed by atoms with Crippen LogP contribution in [0.2, 0.25) is 5.02 Å². The lowest BCUT2D eigenvalue weighted by molar-refractivity contribution is -0.120. The minimum absolute atomic E-state index is 0.112. The summed E-state index contributed by atoms with van der Waals surface area (Å²) in [5.41, 5.74) is 0.392. The lowest BCUT2D eigenvalue weighted by atomic mass is 9.76. The third-order valence-electron chi connectivity index (χ3n) is 4.23. The van der Waals surface area contributed by atoms with Crippen molar-refractivity contribution in [2.45, 2.75) is 58.5 Å². The molecule has 0 atom stereocenters. The highest BCUT2D eigenvalue weighted by atomic mass is 35.5. The predicted molar refractivity (Wildman–Crippen MR) is 101 cm³/mol. The van der Waals surface area contributed by atoms with Crippen LogP contribution in [0, 0.1) is 0 Å². The number of ether oxygens (including phenoxy) is 1. The summed E-state index contributed by atoms with van der Waals surface area (Å²) < 4.78 is 5.11. The number of amides is 2. The molecule has 0 fully saturated rings. The van der Waals surface area contributed by atoms with Crippen LogP contribution >= 0.6 is 11.6 Å². The predicted octanol–water partition coefficient (Wildman–Crippen LogP) is 4.04. The van der Waals surface area contributed by atoms with Crippen molar-refractivity contribution >= 4 is 23.6 Å². The fourth-order valence-electron chi connectivity index (χ4n) is 2.61. The third-order valence-corrected chi connectivity index (χ3v) is 4.48. The number of halogens is 1. The van der Waals surface area contributed by atoms with Crippen LogP contribution in [0.4, 0.5) is 4.79 Å². The molecule has 0 aromatic heterocycles. The Bertz CT molecular complexity index is 575. The zero-order valence-electron chi connectivity index (χ0n) is 15.7. The molecule has 140 valence electrons. The zero-order chi connectivity index (χ0) is 19.1. The van der Waals surface area contributed by atoms with Crippen LogP contribution < -0.4 is 10.6 Å². The largest absolute Gasteiger partial charge is 0.444 e. The van der Waals surface area contributed by atoms with Crippen LogP contribution in [0.3, 0.4) is 0 Å². The van der Waals surface area contributed by atoms with Gasteiger partial charge >= 0.3 is 6.09 Å². The van der Waals surface area contributed by atoms with Crippen molar-refractivity contribution in [2.24, 2.45) is 0 Å². The molecule has 0 spiro atoms. The number of hydrogen-bond donors (Lipinski definition) is 2. The molecular formula is C19H29ClN2O3. The first-order valence-electron chi connectivity index (χ1n) is 8.61. The smallest absolute Gasteiger partial charge is 0.408 e. The molecule has 0 aliphatic rings. The Morgan fingerprint density at radius 2 is 1.60 bits per heavy atom. The monoisotopic (exact) mass is 368 g/mol. The highest BCUT2D eigenvalue weighted by Crippen LogP contribution is 2.31. The van der Waals surface area contributed by atoms with Crippen LogP contribution in [0.25, 0.3) is 0 Å². The number of hydrogen-bond acceptors (Lipinski definition) is 3. The van der Waals surface area contributed by atoms with Gasteiger partial charge in [0, 0.05) is 17.0 Å². The lowest BCUT2D eigenvalue weighted by Gasteiger charge is -2.32. The van der Waals surface area contributed by atoms with E-state index in [1.807, 2.05) is 24.3 Å². The molecule has 0 aliphatic carbocycles. The average Bonchev–Trinajstić information content (AvgIpc) is 2.54. The van der Waals surface area contributed by atoms with Gasteiger partial charge in [0.1, 0.15) is 5.60 Å². The molecule has 1 aromatic carbocycles. The van der Waals surface area contributed by atoms with E-state index in [2.05, 4.69) is 24.5 Å². The quantitative estimate of drug-likeness (QED) is 0.763. The molecule has 0 heterocycles. The molecular weight excluding hydrogens is 340 g/mol. The third kappa shape index (κ3) is 6.94. The van der Waals surface area contributed by atoms with Gasteiger partial charge in [-0.3, -0.25) is 4.79 Å². The number of carbonyl (C=O) groups is 2. The fourth-order valence-corrected chi connectivity index (χ4v) is 2.74. The summed E-state index contributed by atoms with van der Waals surface area (Å²) in [6.07, 6.45) is 1.16. The molecule has 2 N–H and O–H groups in total. The van der Waals surface area contributed by atoms with E-state index in [1.165, 1.54) is 0 Å². The Labute approximate surface area is 155 Å². The SMILES string of the molecule is CCC(CC)(CNC(=O)CNC(=O)OC(C)(C)C)c1ccc(Cl)cc1. The van der Waals surface area contributed by atoms with Gasteiger partial charge in [-0.2, -0.15) is 0 Å². The van der Waals surface area contributed by atoms with Gasteiger partial charge < -0.3 is 15.4 Å². The minimum Gasteiger partial charge on any atom is -0.444 e. The molecule has 0 aliphatic heterocycles. The average molecular weight is 369 g/mol. The van der Waals surface area contributed by atoms with E-state index in [9.17, 15) is 9.59 Å². The molecule has 0 radical (unpaired) electrons. The van der Waals surface area contributed by atoms with Gasteiger partial charge in [-0.15, -0.1) is 0 Å². The van der Waals surface area contributed by atoms with Gasteiger partial charge in [-0.05, 0) is 51.3 Å². The van der Waals surface area contributed by atoms with Gasteiger partial charge in [-0.1, -0.05) is 37.6 Å². The van der Waals surface area contributed by atoms with Crippen LogP contribution in [-0.4, -0.2) is 30.7 Å². The van der Waals surface area contributed by atoms with E-state index in [0.717, 1.165) is 18.4 Å². The maximum absolute atomic E-state index is 12.1. The highest BCUT2D eigenvalue weighted by Gasteiger charge is 2.29. The van der Waals surface area contributed by atoms with E-state index < -0.39 is 11.7 Å². The van der Waals surface area contributed by atoms with Gasteiger partial charge in [0.25, 0.3) is 0 Å². The molecule has 0 bridgehead atoms. The summed E-state index contributed by atoms with van der Waals surface area (Å²) in [6, 6.07) is 7.73. The van der Waals surface area contributed by atoms with Gasteiger partial charge in [0.15, 0.2) is 0 Å². The van der Waals surface area contributed by atoms with Gasteiger partial charge in [0.05, 0.1) is 6.54 Å². The second-order valence-electron chi connectivity index (χ2n) is 7.13. The lowest BCUT2D eigenvalue weighted by Crippen LogP contribution is -2.44. The summed E-state index contributed by atoms with van der Waals surface area (Å²) in [7, 11) is 0. The molecule has 1 rings (SSSR count). The number of nitrogens with one attached hydrogen (secondary N) is 2. The summed E-state index contributed by atoms with van der Waals surface area (Å²) in [5.74, 6) is -0.244. The second kappa shape index (κ2) is 9.09. The Morgan fingerprint density at radius 3 is 2.08 bits per heavy atom. The normalized spacial score (nSPS) is 11.8. The van der Waals surface area contributed by atoms with Gasteiger partial charge in [-0.25, -0.2) is 4.79 Å². The number of alkyl carbamates (subject to hydrolysis) is 1. The van der Waals surface area contributed by atoms with E-state index in [4.69, 9.17) is 16.3 Å². The van der Waals surface area contributed by atoms with Crippen LogP contribution in [0.1, 0.15) is 53.0 Å². The van der Waals surface area contributed by atoms with Crippen molar-refractivity contribution in [3.8, 4) is 0 Å². The molecule has 0 saturated heterocycles.